The molecule has 0 radical (unpaired) electrons. The molecule has 0 aliphatic heterocycles. The fourth-order valence-electron chi connectivity index (χ4n) is 5.29. The topological polar surface area (TPSA) is 132 Å². The van der Waals surface area contributed by atoms with Crippen LogP contribution in [0.25, 0.3) is 44.6 Å². The third-order valence-corrected chi connectivity index (χ3v) is 7.26. The molecule has 10 heteroatoms. The first kappa shape index (κ1) is 25.2. The Kier molecular flexibility index (Phi) is 6.43. The van der Waals surface area contributed by atoms with Crippen molar-refractivity contribution in [3.63, 3.8) is 0 Å². The van der Waals surface area contributed by atoms with Crippen LogP contribution in [-0.4, -0.2) is 45.8 Å². The fourth-order valence-corrected chi connectivity index (χ4v) is 5.29. The van der Waals surface area contributed by atoms with Crippen LogP contribution in [0.5, 0.6) is 0 Å². The molecule has 0 bridgehead atoms. The predicted molar refractivity (Wildman–Crippen MR) is 152 cm³/mol. The Morgan fingerprint density at radius 2 is 1.85 bits per heavy atom. The third kappa shape index (κ3) is 4.33. The van der Waals surface area contributed by atoms with Gasteiger partial charge in [-0.05, 0) is 47.9 Å². The number of carbonyl (C=O) groups is 1. The largest absolute Gasteiger partial charge is 0.478 e. The second-order valence-corrected chi connectivity index (χ2v) is 9.81. The van der Waals surface area contributed by atoms with E-state index in [4.69, 9.17) is 4.98 Å². The predicted octanol–water partition coefficient (Wildman–Crippen LogP) is 4.82. The second-order valence-electron chi connectivity index (χ2n) is 9.81. The van der Waals surface area contributed by atoms with Crippen molar-refractivity contribution in [1.82, 2.24) is 34.7 Å². The maximum Gasteiger partial charge on any atom is 0.337 e. The minimum Gasteiger partial charge on any atom is -0.478 e. The number of hydrogen-bond acceptors (Lipinski definition) is 6. The van der Waals surface area contributed by atoms with Gasteiger partial charge in [0.05, 0.1) is 22.0 Å². The van der Waals surface area contributed by atoms with E-state index in [-0.39, 0.29) is 11.1 Å². The lowest BCUT2D eigenvalue weighted by Gasteiger charge is -2.14. The Hall–Kier alpha value is -5.12. The molecule has 3 aromatic carbocycles. The molecule has 200 valence electrons. The van der Waals surface area contributed by atoms with Gasteiger partial charge in [0.2, 0.25) is 5.82 Å². The maximum absolute atomic E-state index is 13.6. The average molecular weight is 534 g/mol. The minimum absolute atomic E-state index is 0.181. The molecule has 10 nitrogen and oxygen atoms in total. The summed E-state index contributed by atoms with van der Waals surface area (Å²) in [6, 6.07) is 20.6. The van der Waals surface area contributed by atoms with Crippen molar-refractivity contribution in [2.75, 3.05) is 0 Å². The van der Waals surface area contributed by atoms with Gasteiger partial charge in [-0.25, -0.2) is 9.78 Å². The number of rotatable bonds is 8. The van der Waals surface area contributed by atoms with Gasteiger partial charge in [-0.15, -0.1) is 10.2 Å². The van der Waals surface area contributed by atoms with Crippen molar-refractivity contribution in [1.29, 1.82) is 0 Å². The number of fused-ring (bicyclic) bond motifs is 2. The fraction of sp³-hybridized carbons (Fsp3) is 0.200. The number of aromatic nitrogens is 7. The van der Waals surface area contributed by atoms with Gasteiger partial charge in [0.1, 0.15) is 5.82 Å². The van der Waals surface area contributed by atoms with Gasteiger partial charge in [-0.2, -0.15) is 5.21 Å². The standard InChI is InChI=1S/C30H27N7O3/c1-3-4-9-20-16-19-8-7-12-23(30(39)40)26(19)37(20)17-18-13-14-25-24(15-18)29(38)36(2)28(31-25)22-11-6-5-10-21(22)27-32-34-35-33-27/h5-8,10-16H,3-4,9,17H2,1-2H3,(H,39,40)(H,32,33,34,35). The summed E-state index contributed by atoms with van der Waals surface area (Å²) < 4.78 is 3.61. The highest BCUT2D eigenvalue weighted by atomic mass is 16.4. The van der Waals surface area contributed by atoms with Crippen LogP contribution in [0.1, 0.15) is 41.4 Å². The van der Waals surface area contributed by atoms with Crippen LogP contribution in [-0.2, 0) is 20.0 Å². The van der Waals surface area contributed by atoms with Crippen molar-refractivity contribution in [3.8, 4) is 22.8 Å². The molecule has 0 unspecified atom stereocenters. The number of H-pyrrole nitrogens is 1. The van der Waals surface area contributed by atoms with Gasteiger partial charge in [0.15, 0.2) is 0 Å². The SMILES string of the molecule is CCCCc1cc2cccc(C(=O)O)c2n1Cc1ccc2nc(-c3ccccc3-c3nn[nH]n3)n(C)c(=O)c2c1. The number of hydrogen-bond donors (Lipinski definition) is 2. The number of aromatic amines is 1. The number of tetrazole rings is 1. The minimum atomic E-state index is -0.961. The number of benzene rings is 3. The first-order valence-electron chi connectivity index (χ1n) is 13.1. The van der Waals surface area contributed by atoms with Crippen LogP contribution in [0.15, 0.2) is 71.5 Å². The first-order valence-corrected chi connectivity index (χ1v) is 13.1. The number of carboxylic acid groups (broad SMARTS) is 1. The van der Waals surface area contributed by atoms with Crippen molar-refractivity contribution in [2.24, 2.45) is 7.05 Å². The van der Waals surface area contributed by atoms with Gasteiger partial charge in [0, 0.05) is 35.8 Å². The molecule has 6 aromatic rings. The highest BCUT2D eigenvalue weighted by Gasteiger charge is 2.19. The molecule has 0 aliphatic rings. The molecule has 0 fully saturated rings. The van der Waals surface area contributed by atoms with Gasteiger partial charge in [-0.3, -0.25) is 9.36 Å². The van der Waals surface area contributed by atoms with Crippen molar-refractivity contribution in [3.05, 3.63) is 93.9 Å². The average Bonchev–Trinajstić information content (AvgIpc) is 3.62. The number of nitrogens with one attached hydrogen (secondary N) is 1. The van der Waals surface area contributed by atoms with Gasteiger partial charge in [-0.1, -0.05) is 55.8 Å². The van der Waals surface area contributed by atoms with E-state index < -0.39 is 5.97 Å². The normalized spacial score (nSPS) is 11.4. The Morgan fingerprint density at radius 1 is 1.02 bits per heavy atom. The summed E-state index contributed by atoms with van der Waals surface area (Å²) in [5.74, 6) is -0.0499. The van der Waals surface area contributed by atoms with E-state index >= 15 is 0 Å². The van der Waals surface area contributed by atoms with Crippen molar-refractivity contribution >= 4 is 27.8 Å². The van der Waals surface area contributed by atoms with E-state index in [1.165, 1.54) is 4.57 Å². The summed E-state index contributed by atoms with van der Waals surface area (Å²) in [5, 5.41) is 25.6. The van der Waals surface area contributed by atoms with Crippen molar-refractivity contribution < 1.29 is 9.90 Å². The summed E-state index contributed by atoms with van der Waals surface area (Å²) in [6.45, 7) is 2.57. The molecule has 40 heavy (non-hydrogen) atoms. The molecule has 2 N–H and O–H groups in total. The van der Waals surface area contributed by atoms with Gasteiger partial charge in [0.25, 0.3) is 5.56 Å². The molecule has 0 spiro atoms. The zero-order valence-corrected chi connectivity index (χ0v) is 22.1. The lowest BCUT2D eigenvalue weighted by atomic mass is 10.1. The summed E-state index contributed by atoms with van der Waals surface area (Å²) in [5.41, 5.74) is 4.74. The van der Waals surface area contributed by atoms with Crippen LogP contribution in [0.2, 0.25) is 0 Å². The molecule has 0 aliphatic carbocycles. The lowest BCUT2D eigenvalue weighted by molar-refractivity contribution is 0.0698. The van der Waals surface area contributed by atoms with Crippen LogP contribution >= 0.6 is 0 Å². The summed E-state index contributed by atoms with van der Waals surface area (Å²) in [6.07, 6.45) is 2.86. The van der Waals surface area contributed by atoms with E-state index in [0.717, 1.165) is 41.5 Å². The second kappa shape index (κ2) is 10.2. The summed E-state index contributed by atoms with van der Waals surface area (Å²) >= 11 is 0. The lowest BCUT2D eigenvalue weighted by Crippen LogP contribution is -2.21. The molecule has 0 saturated carbocycles. The van der Waals surface area contributed by atoms with Gasteiger partial charge < -0.3 is 9.67 Å². The maximum atomic E-state index is 13.6. The number of nitrogens with zero attached hydrogens (tertiary/aromatic N) is 6. The summed E-state index contributed by atoms with van der Waals surface area (Å²) in [4.78, 5) is 30.5. The van der Waals surface area contributed by atoms with Crippen LogP contribution in [0, 0.1) is 0 Å². The molecule has 3 heterocycles. The zero-order valence-electron chi connectivity index (χ0n) is 22.1. The monoisotopic (exact) mass is 533 g/mol. The highest BCUT2D eigenvalue weighted by Crippen LogP contribution is 2.30. The molecule has 6 rings (SSSR count). The van der Waals surface area contributed by atoms with E-state index in [1.807, 2.05) is 48.5 Å². The van der Waals surface area contributed by atoms with E-state index in [9.17, 15) is 14.7 Å². The molecule has 0 saturated heterocycles. The Labute approximate surface area is 228 Å². The number of para-hydroxylation sites is 1. The van der Waals surface area contributed by atoms with E-state index in [1.54, 1.807) is 19.2 Å². The highest BCUT2D eigenvalue weighted by molar-refractivity contribution is 6.02. The smallest absolute Gasteiger partial charge is 0.337 e. The first-order chi connectivity index (χ1) is 19.5. The Bertz CT molecular complexity index is 1940. The van der Waals surface area contributed by atoms with Crippen molar-refractivity contribution in [2.45, 2.75) is 32.7 Å². The zero-order chi connectivity index (χ0) is 27.8. The Balaban J connectivity index is 1.46. The van der Waals surface area contributed by atoms with Gasteiger partial charge >= 0.3 is 5.97 Å². The third-order valence-electron chi connectivity index (χ3n) is 7.26. The quantitative estimate of drug-likeness (QED) is 0.287. The number of aromatic carboxylic acids is 1. The van der Waals surface area contributed by atoms with Crippen LogP contribution in [0.3, 0.4) is 0 Å². The molecular weight excluding hydrogens is 506 g/mol. The molecule has 3 aromatic heterocycles. The van der Waals surface area contributed by atoms with E-state index in [2.05, 4.69) is 38.2 Å². The van der Waals surface area contributed by atoms with Crippen LogP contribution in [0.4, 0.5) is 0 Å². The summed E-state index contributed by atoms with van der Waals surface area (Å²) in [7, 11) is 1.70. The number of carboxylic acids is 1. The van der Waals surface area contributed by atoms with Crippen LogP contribution < -0.4 is 5.56 Å². The number of aryl methyl sites for hydroxylation is 1. The number of unbranched alkanes of at least 4 members (excludes halogenated alkanes) is 1. The molecule has 0 atom stereocenters. The molecule has 0 amide bonds. The molecular formula is C30H27N7O3. The Morgan fingerprint density at radius 3 is 2.60 bits per heavy atom. The van der Waals surface area contributed by atoms with E-state index in [0.29, 0.717) is 40.2 Å².